The van der Waals surface area contributed by atoms with Crippen LogP contribution in [0, 0.1) is 0 Å². The summed E-state index contributed by atoms with van der Waals surface area (Å²) in [6, 6.07) is 17.8. The summed E-state index contributed by atoms with van der Waals surface area (Å²) in [5.41, 5.74) is 2.27. The van der Waals surface area contributed by atoms with E-state index in [0.717, 1.165) is 5.39 Å². The average molecular weight is 647 g/mol. The molecule has 4 aromatic rings. The lowest BCUT2D eigenvalue weighted by Crippen LogP contribution is -2.35. The number of benzene rings is 3. The van der Waals surface area contributed by atoms with Gasteiger partial charge in [-0.25, -0.2) is 13.2 Å². The molecule has 7 rings (SSSR count). The summed E-state index contributed by atoms with van der Waals surface area (Å²) < 4.78 is 43.1. The molecule has 2 atom stereocenters. The molecule has 13 heteroatoms. The van der Waals surface area contributed by atoms with E-state index < -0.39 is 33.3 Å². The van der Waals surface area contributed by atoms with Gasteiger partial charge < -0.3 is 29.4 Å². The average Bonchev–Trinajstić information content (AvgIpc) is 3.90. The molecular formula is C33H34N4O8S. The number of ether oxygens (including phenoxy) is 3. The zero-order valence-electron chi connectivity index (χ0n) is 25.3. The summed E-state index contributed by atoms with van der Waals surface area (Å²) in [4.78, 5) is 43.7. The summed E-state index contributed by atoms with van der Waals surface area (Å²) in [5, 5.41) is 6.69. The fraction of sp³-hybridized carbons (Fsp3) is 0.303. The van der Waals surface area contributed by atoms with E-state index in [0.29, 0.717) is 46.3 Å². The van der Waals surface area contributed by atoms with Crippen molar-refractivity contribution in [3.05, 3.63) is 100.0 Å². The lowest BCUT2D eigenvalue weighted by Gasteiger charge is -2.27. The first-order valence-corrected chi connectivity index (χ1v) is 16.3. The van der Waals surface area contributed by atoms with Gasteiger partial charge in [-0.1, -0.05) is 30.3 Å². The monoisotopic (exact) mass is 646 g/mol. The number of pyridine rings is 1. The highest BCUT2D eigenvalue weighted by molar-refractivity contribution is 7.92. The Morgan fingerprint density at radius 3 is 2.48 bits per heavy atom. The summed E-state index contributed by atoms with van der Waals surface area (Å²) in [5.74, 6) is -0.346. The Balaban J connectivity index is 1.42. The molecule has 240 valence electrons. The van der Waals surface area contributed by atoms with Gasteiger partial charge in [-0.15, -0.1) is 0 Å². The molecule has 0 saturated heterocycles. The topological polar surface area (TPSA) is 156 Å². The van der Waals surface area contributed by atoms with Crippen molar-refractivity contribution in [1.82, 2.24) is 9.88 Å². The van der Waals surface area contributed by atoms with Crippen molar-refractivity contribution in [3.8, 4) is 0 Å². The number of aromatic amines is 1. The molecule has 2 amide bonds. The number of methoxy groups -OCH3 is 1. The van der Waals surface area contributed by atoms with Crippen LogP contribution in [0.3, 0.4) is 0 Å². The van der Waals surface area contributed by atoms with E-state index in [-0.39, 0.29) is 36.3 Å². The van der Waals surface area contributed by atoms with Crippen LogP contribution in [0.2, 0.25) is 0 Å². The van der Waals surface area contributed by atoms with Crippen LogP contribution in [0.1, 0.15) is 41.7 Å². The van der Waals surface area contributed by atoms with Gasteiger partial charge in [0.05, 0.1) is 10.1 Å². The fourth-order valence-electron chi connectivity index (χ4n) is 5.50. The number of hydrogen-bond donors (Lipinski definition) is 3. The SMILES string of the molecule is COCO[C@H]1COC(=O)Nc2ccc(S(=O)(=O)C3CC3)c(c2)CN(C)C(=O)[C@H](Nc2ccc3cc[nH]c(=O)c3c2)c2ccc1cc2. The van der Waals surface area contributed by atoms with Crippen molar-refractivity contribution in [3.63, 3.8) is 0 Å². The van der Waals surface area contributed by atoms with Gasteiger partial charge in [0.25, 0.3) is 5.56 Å². The third-order valence-electron chi connectivity index (χ3n) is 8.09. The first kappa shape index (κ1) is 31.3. The zero-order chi connectivity index (χ0) is 32.4. The third-order valence-corrected chi connectivity index (χ3v) is 10.4. The molecule has 3 heterocycles. The largest absolute Gasteiger partial charge is 0.446 e. The number of rotatable bonds is 7. The van der Waals surface area contributed by atoms with Crippen LogP contribution in [-0.4, -0.2) is 63.1 Å². The van der Waals surface area contributed by atoms with E-state index in [2.05, 4.69) is 15.6 Å². The van der Waals surface area contributed by atoms with E-state index in [1.807, 2.05) is 0 Å². The zero-order valence-corrected chi connectivity index (χ0v) is 26.1. The molecule has 4 bridgehead atoms. The van der Waals surface area contributed by atoms with E-state index >= 15 is 0 Å². The predicted octanol–water partition coefficient (Wildman–Crippen LogP) is 4.50. The Bertz CT molecular complexity index is 1940. The van der Waals surface area contributed by atoms with Crippen molar-refractivity contribution in [1.29, 1.82) is 0 Å². The lowest BCUT2D eigenvalue weighted by molar-refractivity contribution is -0.131. The number of nitrogens with zero attached hydrogens (tertiary/aromatic N) is 1. The van der Waals surface area contributed by atoms with Gasteiger partial charge in [-0.2, -0.15) is 0 Å². The second-order valence-electron chi connectivity index (χ2n) is 11.4. The number of amides is 2. The molecule has 1 fully saturated rings. The van der Waals surface area contributed by atoms with Crippen LogP contribution in [0.15, 0.2) is 82.6 Å². The Labute approximate surface area is 265 Å². The predicted molar refractivity (Wildman–Crippen MR) is 171 cm³/mol. The van der Waals surface area contributed by atoms with E-state index in [4.69, 9.17) is 14.2 Å². The summed E-state index contributed by atoms with van der Waals surface area (Å²) in [7, 11) is -0.561. The van der Waals surface area contributed by atoms with Gasteiger partial charge in [0, 0.05) is 43.7 Å². The molecule has 12 nitrogen and oxygen atoms in total. The van der Waals surface area contributed by atoms with Crippen molar-refractivity contribution in [2.75, 3.05) is 38.2 Å². The Kier molecular flexibility index (Phi) is 8.80. The van der Waals surface area contributed by atoms with E-state index in [1.165, 1.54) is 24.1 Å². The number of carbonyl (C=O) groups excluding carboxylic acids is 2. The third kappa shape index (κ3) is 6.62. The smallest absolute Gasteiger partial charge is 0.411 e. The molecule has 0 unspecified atom stereocenters. The van der Waals surface area contributed by atoms with Gasteiger partial charge >= 0.3 is 6.09 Å². The number of anilines is 2. The first-order chi connectivity index (χ1) is 22.1. The minimum atomic E-state index is -3.64. The second kappa shape index (κ2) is 12.9. The van der Waals surface area contributed by atoms with Gasteiger partial charge in [0.15, 0.2) is 9.84 Å². The maximum Gasteiger partial charge on any atom is 0.411 e. The first-order valence-electron chi connectivity index (χ1n) is 14.8. The molecular weight excluding hydrogens is 612 g/mol. The van der Waals surface area contributed by atoms with Crippen molar-refractivity contribution < 1.29 is 32.2 Å². The molecule has 1 saturated carbocycles. The Morgan fingerprint density at radius 2 is 1.74 bits per heavy atom. The lowest BCUT2D eigenvalue weighted by atomic mass is 10.0. The molecule has 3 N–H and O–H groups in total. The molecule has 1 aliphatic carbocycles. The number of H-pyrrole nitrogens is 1. The number of hydrogen-bond acceptors (Lipinski definition) is 9. The van der Waals surface area contributed by atoms with Crippen molar-refractivity contribution in [2.24, 2.45) is 0 Å². The highest BCUT2D eigenvalue weighted by atomic mass is 32.2. The molecule has 3 aromatic carbocycles. The fourth-order valence-corrected chi connectivity index (χ4v) is 7.36. The van der Waals surface area contributed by atoms with Crippen LogP contribution in [0.4, 0.5) is 16.2 Å². The van der Waals surface area contributed by atoms with Crippen LogP contribution in [0.25, 0.3) is 10.8 Å². The Morgan fingerprint density at radius 1 is 0.978 bits per heavy atom. The highest BCUT2D eigenvalue weighted by Crippen LogP contribution is 2.36. The van der Waals surface area contributed by atoms with Gasteiger partial charge in [0.1, 0.15) is 25.5 Å². The van der Waals surface area contributed by atoms with Crippen LogP contribution < -0.4 is 16.2 Å². The minimum Gasteiger partial charge on any atom is -0.446 e. The Hall–Kier alpha value is -4.72. The number of sulfone groups is 1. The van der Waals surface area contributed by atoms with Crippen LogP contribution >= 0.6 is 0 Å². The number of carbonyl (C=O) groups is 2. The van der Waals surface area contributed by atoms with Gasteiger partial charge in [0.2, 0.25) is 5.91 Å². The summed E-state index contributed by atoms with van der Waals surface area (Å²) in [6.45, 7) is -0.234. The molecule has 3 aliphatic rings. The maximum absolute atomic E-state index is 14.2. The van der Waals surface area contributed by atoms with Crippen LogP contribution in [0.5, 0.6) is 0 Å². The second-order valence-corrected chi connectivity index (χ2v) is 13.6. The maximum atomic E-state index is 14.2. The summed E-state index contributed by atoms with van der Waals surface area (Å²) in [6.07, 6.45) is 1.30. The molecule has 2 aliphatic heterocycles. The molecule has 0 radical (unpaired) electrons. The van der Waals surface area contributed by atoms with Gasteiger partial charge in [-0.05, 0) is 71.3 Å². The summed E-state index contributed by atoms with van der Waals surface area (Å²) >= 11 is 0. The van der Waals surface area contributed by atoms with Crippen LogP contribution in [-0.2, 0) is 35.4 Å². The minimum absolute atomic E-state index is 0.0494. The van der Waals surface area contributed by atoms with Crippen molar-refractivity contribution >= 4 is 44.0 Å². The van der Waals surface area contributed by atoms with E-state index in [1.54, 1.807) is 67.8 Å². The number of nitrogens with one attached hydrogen (secondary N) is 3. The highest BCUT2D eigenvalue weighted by Gasteiger charge is 2.38. The normalized spacial score (nSPS) is 19.1. The molecule has 1 aromatic heterocycles. The number of likely N-dealkylation sites (N-methyl/N-ethyl adjacent to an activating group) is 1. The van der Waals surface area contributed by atoms with Gasteiger partial charge in [-0.3, -0.25) is 14.9 Å². The van der Waals surface area contributed by atoms with E-state index in [9.17, 15) is 22.8 Å². The quantitative estimate of drug-likeness (QED) is 0.246. The van der Waals surface area contributed by atoms with Crippen molar-refractivity contribution in [2.45, 2.75) is 41.7 Å². The number of fused-ring (bicyclic) bond motifs is 10. The molecule has 46 heavy (non-hydrogen) atoms. The molecule has 0 spiro atoms. The standard InChI is InChI=1S/C33H34N4O8S/c1-37-17-23-15-24(9-12-29(23)46(41,42)26-10-11-26)36-33(40)44-18-28(45-19-43-2)21-3-5-22(6-4-21)30(32(37)39)35-25-8-7-20-13-14-34-31(38)27(20)16-25/h3-9,12-16,26,28,30,35H,10-11,17-19H2,1-2H3,(H,34,38)(H,36,40)/t28-,30+/m0/s1. The number of aromatic nitrogens is 1.